The first-order chi connectivity index (χ1) is 9.92. The molecule has 0 bridgehead atoms. The minimum atomic E-state index is 0.672. The summed E-state index contributed by atoms with van der Waals surface area (Å²) in [6.07, 6.45) is 5.22. The van der Waals surface area contributed by atoms with Crippen molar-refractivity contribution in [3.8, 4) is 0 Å². The van der Waals surface area contributed by atoms with Gasteiger partial charge in [-0.2, -0.15) is 5.10 Å². The highest BCUT2D eigenvalue weighted by atomic mass is 16.5. The summed E-state index contributed by atoms with van der Waals surface area (Å²) in [6.45, 7) is 1.41. The lowest BCUT2D eigenvalue weighted by Gasteiger charge is -2.03. The van der Waals surface area contributed by atoms with Gasteiger partial charge in [-0.25, -0.2) is 4.99 Å². The third kappa shape index (κ3) is 3.00. The fourth-order valence-corrected chi connectivity index (χ4v) is 1.83. The van der Waals surface area contributed by atoms with Crippen LogP contribution in [0.2, 0.25) is 0 Å². The second-order valence-electron chi connectivity index (χ2n) is 4.26. The molecule has 0 atom stereocenters. The zero-order valence-corrected chi connectivity index (χ0v) is 10.9. The lowest BCUT2D eigenvalue weighted by molar-refractivity contribution is 0.348. The number of aliphatic imine (C=N–C) groups is 1. The number of rotatable bonds is 4. The number of hydrogen-bond acceptors (Lipinski definition) is 5. The van der Waals surface area contributed by atoms with Gasteiger partial charge in [0, 0.05) is 18.0 Å². The summed E-state index contributed by atoms with van der Waals surface area (Å²) in [4.78, 5) is 8.23. The quantitative estimate of drug-likeness (QED) is 0.682. The van der Waals surface area contributed by atoms with Gasteiger partial charge in [0.05, 0.1) is 18.4 Å². The first-order valence-electron chi connectivity index (χ1n) is 6.38. The van der Waals surface area contributed by atoms with Gasteiger partial charge in [-0.1, -0.05) is 0 Å². The fourth-order valence-electron chi connectivity index (χ4n) is 1.83. The van der Waals surface area contributed by atoms with E-state index in [2.05, 4.69) is 20.5 Å². The van der Waals surface area contributed by atoms with E-state index < -0.39 is 0 Å². The minimum Gasteiger partial charge on any atom is -0.476 e. The molecule has 1 aromatic heterocycles. The molecule has 0 radical (unpaired) electrons. The molecule has 1 aliphatic rings. The number of aromatic nitrogens is 1. The van der Waals surface area contributed by atoms with Crippen molar-refractivity contribution in [2.24, 2.45) is 10.1 Å². The Morgan fingerprint density at radius 3 is 2.60 bits per heavy atom. The van der Waals surface area contributed by atoms with Crippen LogP contribution in [0.15, 0.2) is 58.9 Å². The number of nitrogens with one attached hydrogen (secondary N) is 1. The van der Waals surface area contributed by atoms with E-state index in [1.54, 1.807) is 18.6 Å². The Balaban J connectivity index is 1.62. The molecule has 1 aromatic carbocycles. The lowest BCUT2D eigenvalue weighted by atomic mass is 10.2. The molecule has 1 aliphatic heterocycles. The molecule has 5 heteroatoms. The highest BCUT2D eigenvalue weighted by Crippen LogP contribution is 2.12. The minimum absolute atomic E-state index is 0.672. The van der Waals surface area contributed by atoms with Crippen molar-refractivity contribution < 1.29 is 4.74 Å². The van der Waals surface area contributed by atoms with Crippen LogP contribution in [0.3, 0.4) is 0 Å². The first kappa shape index (κ1) is 12.3. The van der Waals surface area contributed by atoms with Gasteiger partial charge in [-0.3, -0.25) is 10.4 Å². The largest absolute Gasteiger partial charge is 0.476 e. The van der Waals surface area contributed by atoms with Crippen LogP contribution in [0.1, 0.15) is 11.1 Å². The third-order valence-electron chi connectivity index (χ3n) is 2.83. The van der Waals surface area contributed by atoms with E-state index >= 15 is 0 Å². The van der Waals surface area contributed by atoms with E-state index in [-0.39, 0.29) is 0 Å². The molecule has 3 rings (SSSR count). The summed E-state index contributed by atoms with van der Waals surface area (Å²) >= 11 is 0. The van der Waals surface area contributed by atoms with Gasteiger partial charge in [0.15, 0.2) is 0 Å². The number of nitrogens with zero attached hydrogens (tertiary/aromatic N) is 3. The maximum atomic E-state index is 5.41. The summed E-state index contributed by atoms with van der Waals surface area (Å²) in [5.74, 6) is 0.719. The molecule has 0 saturated heterocycles. The Morgan fingerprint density at radius 1 is 1.10 bits per heavy atom. The molecule has 0 fully saturated rings. The molecule has 2 heterocycles. The van der Waals surface area contributed by atoms with Gasteiger partial charge in [-0.15, -0.1) is 0 Å². The van der Waals surface area contributed by atoms with Crippen molar-refractivity contribution in [1.82, 2.24) is 4.98 Å². The normalized spacial score (nSPS) is 14.1. The number of pyridine rings is 1. The van der Waals surface area contributed by atoms with Gasteiger partial charge in [-0.05, 0) is 42.0 Å². The Labute approximate surface area is 117 Å². The molecular weight excluding hydrogens is 252 g/mol. The van der Waals surface area contributed by atoms with Crippen LogP contribution in [0.25, 0.3) is 0 Å². The van der Waals surface area contributed by atoms with Gasteiger partial charge in [0.25, 0.3) is 0 Å². The van der Waals surface area contributed by atoms with E-state index in [0.717, 1.165) is 29.3 Å². The Kier molecular flexibility index (Phi) is 3.68. The van der Waals surface area contributed by atoms with Crippen LogP contribution >= 0.6 is 0 Å². The number of benzene rings is 1. The highest BCUT2D eigenvalue weighted by molar-refractivity contribution is 5.95. The Hall–Kier alpha value is -2.69. The Bertz CT molecular complexity index is 620. The Morgan fingerprint density at radius 2 is 1.90 bits per heavy atom. The van der Waals surface area contributed by atoms with Crippen molar-refractivity contribution in [2.45, 2.75) is 0 Å². The van der Waals surface area contributed by atoms with Crippen LogP contribution in [0, 0.1) is 0 Å². The molecule has 0 unspecified atom stereocenters. The topological polar surface area (TPSA) is 58.9 Å². The van der Waals surface area contributed by atoms with Crippen LogP contribution in [-0.4, -0.2) is 30.2 Å². The predicted octanol–water partition coefficient (Wildman–Crippen LogP) is 2.30. The first-order valence-corrected chi connectivity index (χ1v) is 6.38. The second kappa shape index (κ2) is 5.97. The van der Waals surface area contributed by atoms with Crippen LogP contribution < -0.4 is 5.43 Å². The SMILES string of the molecule is C(=N\Nc1ccc(C2=NCCO2)cc1)/c1ccncc1. The van der Waals surface area contributed by atoms with Crippen molar-refractivity contribution >= 4 is 17.8 Å². The highest BCUT2D eigenvalue weighted by Gasteiger charge is 2.09. The molecule has 0 amide bonds. The molecule has 0 saturated carbocycles. The molecule has 1 N–H and O–H groups in total. The molecule has 0 aliphatic carbocycles. The van der Waals surface area contributed by atoms with Crippen LogP contribution in [0.5, 0.6) is 0 Å². The number of anilines is 1. The molecule has 2 aromatic rings. The average Bonchev–Trinajstić information content (AvgIpc) is 3.03. The molecule has 0 spiro atoms. The van der Waals surface area contributed by atoms with E-state index in [1.807, 2.05) is 36.4 Å². The second-order valence-corrected chi connectivity index (χ2v) is 4.26. The van der Waals surface area contributed by atoms with E-state index in [1.165, 1.54) is 0 Å². The van der Waals surface area contributed by atoms with Crippen LogP contribution in [-0.2, 0) is 4.74 Å². The maximum absolute atomic E-state index is 5.41. The smallest absolute Gasteiger partial charge is 0.216 e. The van der Waals surface area contributed by atoms with Crippen molar-refractivity contribution in [2.75, 3.05) is 18.6 Å². The monoisotopic (exact) mass is 266 g/mol. The van der Waals surface area contributed by atoms with Crippen LogP contribution in [0.4, 0.5) is 5.69 Å². The fraction of sp³-hybridized carbons (Fsp3) is 0.133. The third-order valence-corrected chi connectivity index (χ3v) is 2.83. The average molecular weight is 266 g/mol. The van der Waals surface area contributed by atoms with E-state index in [4.69, 9.17) is 4.74 Å². The number of ether oxygens (including phenoxy) is 1. The van der Waals surface area contributed by atoms with Gasteiger partial charge in [0.1, 0.15) is 6.61 Å². The zero-order chi connectivity index (χ0) is 13.6. The van der Waals surface area contributed by atoms with E-state index in [9.17, 15) is 0 Å². The maximum Gasteiger partial charge on any atom is 0.216 e. The standard InChI is InChI=1S/C15H14N4O/c1-3-14(4-2-13(1)15-17-9-10-20-15)19-18-11-12-5-7-16-8-6-12/h1-8,11,19H,9-10H2/b18-11+. The van der Waals surface area contributed by atoms with Gasteiger partial charge >= 0.3 is 0 Å². The van der Waals surface area contributed by atoms with Crippen molar-refractivity contribution in [3.05, 3.63) is 59.9 Å². The van der Waals surface area contributed by atoms with Gasteiger partial charge < -0.3 is 4.74 Å². The molecule has 20 heavy (non-hydrogen) atoms. The summed E-state index contributed by atoms with van der Waals surface area (Å²) in [5.41, 5.74) is 5.88. The summed E-state index contributed by atoms with van der Waals surface area (Å²) in [7, 11) is 0. The van der Waals surface area contributed by atoms with Crippen molar-refractivity contribution in [1.29, 1.82) is 0 Å². The van der Waals surface area contributed by atoms with Gasteiger partial charge in [0.2, 0.25) is 5.90 Å². The lowest BCUT2D eigenvalue weighted by Crippen LogP contribution is -2.00. The molecule has 100 valence electrons. The van der Waals surface area contributed by atoms with E-state index in [0.29, 0.717) is 6.61 Å². The molecule has 5 nitrogen and oxygen atoms in total. The number of hydrazone groups is 1. The number of hydrogen-bond donors (Lipinski definition) is 1. The zero-order valence-electron chi connectivity index (χ0n) is 10.9. The predicted molar refractivity (Wildman–Crippen MR) is 79.3 cm³/mol. The summed E-state index contributed by atoms with van der Waals surface area (Å²) < 4.78 is 5.41. The molecular formula is C15H14N4O. The van der Waals surface area contributed by atoms with Crippen molar-refractivity contribution in [3.63, 3.8) is 0 Å². The summed E-state index contributed by atoms with van der Waals surface area (Å²) in [5, 5.41) is 4.17. The summed E-state index contributed by atoms with van der Waals surface area (Å²) in [6, 6.07) is 11.6.